The second-order valence-corrected chi connectivity index (χ2v) is 6.37. The number of nitrogens with zero attached hydrogens (tertiary/aromatic N) is 2. The van der Waals surface area contributed by atoms with Gasteiger partial charge in [0.15, 0.2) is 0 Å². The van der Waals surface area contributed by atoms with Crippen molar-refractivity contribution >= 4 is 16.5 Å². The van der Waals surface area contributed by atoms with Crippen molar-refractivity contribution in [3.8, 4) is 5.88 Å². The van der Waals surface area contributed by atoms with E-state index in [1.54, 1.807) is 12.4 Å². The highest BCUT2D eigenvalue weighted by atomic mass is 16.5. The lowest BCUT2D eigenvalue weighted by atomic mass is 10.1. The maximum absolute atomic E-state index is 5.96. The second kappa shape index (κ2) is 7.49. The monoisotopic (exact) mass is 334 g/mol. The number of rotatable bonds is 5. The van der Waals surface area contributed by atoms with Gasteiger partial charge in [-0.05, 0) is 55.6 Å². The molecule has 3 aromatic rings. The van der Waals surface area contributed by atoms with Gasteiger partial charge in [0.25, 0.3) is 0 Å². The quantitative estimate of drug-likeness (QED) is 0.749. The fourth-order valence-electron chi connectivity index (χ4n) is 3.18. The van der Waals surface area contributed by atoms with Gasteiger partial charge in [0.1, 0.15) is 6.61 Å². The van der Waals surface area contributed by atoms with E-state index in [9.17, 15) is 0 Å². The normalized spacial score (nSPS) is 15.2. The first-order valence-electron chi connectivity index (χ1n) is 8.76. The Balaban J connectivity index is 1.55. The Bertz CT molecular complexity index is 831. The highest BCUT2D eigenvalue weighted by Crippen LogP contribution is 2.27. The van der Waals surface area contributed by atoms with Crippen LogP contribution in [-0.2, 0) is 6.61 Å². The Morgan fingerprint density at radius 1 is 1.12 bits per heavy atom. The number of nitrogens with one attached hydrogen (secondary N) is 2. The summed E-state index contributed by atoms with van der Waals surface area (Å²) in [5, 5.41) is 9.20. The Labute approximate surface area is 147 Å². The molecule has 0 radical (unpaired) electrons. The van der Waals surface area contributed by atoms with Crippen LogP contribution >= 0.6 is 0 Å². The van der Waals surface area contributed by atoms with E-state index in [-0.39, 0.29) is 0 Å². The molecule has 0 saturated carbocycles. The average molecular weight is 334 g/mol. The largest absolute Gasteiger partial charge is 0.472 e. The Morgan fingerprint density at radius 3 is 2.88 bits per heavy atom. The maximum atomic E-state index is 5.96. The van der Waals surface area contributed by atoms with Crippen molar-refractivity contribution in [3.05, 3.63) is 60.6 Å². The second-order valence-electron chi connectivity index (χ2n) is 6.37. The first-order valence-corrected chi connectivity index (χ1v) is 8.76. The Kier molecular flexibility index (Phi) is 4.74. The van der Waals surface area contributed by atoms with E-state index in [2.05, 4.69) is 38.8 Å². The maximum Gasteiger partial charge on any atom is 0.221 e. The topological polar surface area (TPSA) is 59.1 Å². The number of pyridine rings is 2. The minimum absolute atomic E-state index is 0.464. The summed E-state index contributed by atoms with van der Waals surface area (Å²) in [6.45, 7) is 2.62. The van der Waals surface area contributed by atoms with Crippen LogP contribution in [-0.4, -0.2) is 29.1 Å². The molecule has 1 aromatic carbocycles. The van der Waals surface area contributed by atoms with E-state index in [1.165, 1.54) is 0 Å². The summed E-state index contributed by atoms with van der Waals surface area (Å²) in [6.07, 6.45) is 7.67. The zero-order valence-electron chi connectivity index (χ0n) is 14.1. The summed E-state index contributed by atoms with van der Waals surface area (Å²) in [7, 11) is 0. The molecule has 3 heterocycles. The number of ether oxygens (including phenoxy) is 1. The van der Waals surface area contributed by atoms with Gasteiger partial charge in [0, 0.05) is 41.3 Å². The van der Waals surface area contributed by atoms with Crippen LogP contribution in [0.15, 0.2) is 55.0 Å². The van der Waals surface area contributed by atoms with E-state index < -0.39 is 0 Å². The number of piperidine rings is 1. The van der Waals surface area contributed by atoms with Gasteiger partial charge in [0.05, 0.1) is 0 Å². The predicted octanol–water partition coefficient (Wildman–Crippen LogP) is 3.37. The summed E-state index contributed by atoms with van der Waals surface area (Å²) in [6, 6.07) is 12.9. The molecule has 2 aromatic heterocycles. The fourth-order valence-corrected chi connectivity index (χ4v) is 3.18. The van der Waals surface area contributed by atoms with Crippen LogP contribution in [0.3, 0.4) is 0 Å². The molecular weight excluding hydrogens is 312 g/mol. The SMILES string of the molecule is c1cncc(COc2nccc3ccc(NC4CCNCC4)cc23)c1. The van der Waals surface area contributed by atoms with Crippen molar-refractivity contribution in [1.82, 2.24) is 15.3 Å². The highest BCUT2D eigenvalue weighted by molar-refractivity contribution is 5.89. The van der Waals surface area contributed by atoms with E-state index >= 15 is 0 Å². The smallest absolute Gasteiger partial charge is 0.221 e. The molecule has 0 unspecified atom stereocenters. The Morgan fingerprint density at radius 2 is 2.04 bits per heavy atom. The van der Waals surface area contributed by atoms with Crippen LogP contribution in [0.1, 0.15) is 18.4 Å². The van der Waals surface area contributed by atoms with Gasteiger partial charge in [-0.25, -0.2) is 4.98 Å². The van der Waals surface area contributed by atoms with Gasteiger partial charge in [-0.3, -0.25) is 4.98 Å². The number of hydrogen-bond donors (Lipinski definition) is 2. The van der Waals surface area contributed by atoms with Crippen LogP contribution in [0.4, 0.5) is 5.69 Å². The summed E-state index contributed by atoms with van der Waals surface area (Å²) >= 11 is 0. The van der Waals surface area contributed by atoms with Crippen molar-refractivity contribution in [3.63, 3.8) is 0 Å². The molecule has 4 rings (SSSR count). The summed E-state index contributed by atoms with van der Waals surface area (Å²) in [5.41, 5.74) is 2.16. The third-order valence-electron chi connectivity index (χ3n) is 4.54. The first kappa shape index (κ1) is 15.8. The van der Waals surface area contributed by atoms with Crippen LogP contribution in [0.25, 0.3) is 10.8 Å². The van der Waals surface area contributed by atoms with E-state index in [0.29, 0.717) is 18.5 Å². The molecule has 5 nitrogen and oxygen atoms in total. The molecule has 128 valence electrons. The van der Waals surface area contributed by atoms with Gasteiger partial charge < -0.3 is 15.4 Å². The molecule has 1 fully saturated rings. The zero-order valence-corrected chi connectivity index (χ0v) is 14.1. The molecule has 5 heteroatoms. The predicted molar refractivity (Wildman–Crippen MR) is 99.8 cm³/mol. The van der Waals surface area contributed by atoms with Crippen molar-refractivity contribution < 1.29 is 4.74 Å². The molecular formula is C20H22N4O. The lowest BCUT2D eigenvalue weighted by molar-refractivity contribution is 0.297. The standard InChI is InChI=1S/C20H22N4O/c1-2-15(13-22-8-1)14-25-20-19-12-18(4-3-16(19)5-11-23-20)24-17-6-9-21-10-7-17/h1-5,8,11-13,17,21,24H,6-7,9-10,14H2. The van der Waals surface area contributed by atoms with Gasteiger partial charge >= 0.3 is 0 Å². The molecule has 1 saturated heterocycles. The van der Waals surface area contributed by atoms with Gasteiger partial charge in [-0.15, -0.1) is 0 Å². The highest BCUT2D eigenvalue weighted by Gasteiger charge is 2.13. The number of fused-ring (bicyclic) bond motifs is 1. The van der Waals surface area contributed by atoms with Gasteiger partial charge in [-0.2, -0.15) is 0 Å². The molecule has 2 N–H and O–H groups in total. The van der Waals surface area contributed by atoms with E-state index in [4.69, 9.17) is 4.74 Å². The molecule has 1 aliphatic heterocycles. The molecule has 0 spiro atoms. The van der Waals surface area contributed by atoms with E-state index in [0.717, 1.165) is 48.0 Å². The lowest BCUT2D eigenvalue weighted by Gasteiger charge is -2.24. The third kappa shape index (κ3) is 3.88. The van der Waals surface area contributed by atoms with Gasteiger partial charge in [-0.1, -0.05) is 12.1 Å². The van der Waals surface area contributed by atoms with Gasteiger partial charge in [0.2, 0.25) is 5.88 Å². The number of anilines is 1. The fraction of sp³-hybridized carbons (Fsp3) is 0.300. The molecule has 1 aliphatic rings. The average Bonchev–Trinajstić information content (AvgIpc) is 2.68. The minimum Gasteiger partial charge on any atom is -0.472 e. The number of benzene rings is 1. The summed E-state index contributed by atoms with van der Waals surface area (Å²) < 4.78 is 5.96. The molecule has 0 bridgehead atoms. The third-order valence-corrected chi connectivity index (χ3v) is 4.54. The Hall–Kier alpha value is -2.66. The lowest BCUT2D eigenvalue weighted by Crippen LogP contribution is -2.35. The van der Waals surface area contributed by atoms with E-state index in [1.807, 2.05) is 24.4 Å². The number of hydrogen-bond acceptors (Lipinski definition) is 5. The van der Waals surface area contributed by atoms with Crippen molar-refractivity contribution in [2.24, 2.45) is 0 Å². The van der Waals surface area contributed by atoms with Crippen LogP contribution in [0, 0.1) is 0 Å². The molecule has 25 heavy (non-hydrogen) atoms. The molecule has 0 atom stereocenters. The van der Waals surface area contributed by atoms with Crippen LogP contribution in [0.2, 0.25) is 0 Å². The minimum atomic E-state index is 0.464. The van der Waals surface area contributed by atoms with Crippen LogP contribution in [0.5, 0.6) is 5.88 Å². The van der Waals surface area contributed by atoms with Crippen LogP contribution < -0.4 is 15.4 Å². The first-order chi connectivity index (χ1) is 12.4. The van der Waals surface area contributed by atoms with Crippen molar-refractivity contribution in [2.45, 2.75) is 25.5 Å². The molecule has 0 aliphatic carbocycles. The number of aromatic nitrogens is 2. The zero-order chi connectivity index (χ0) is 16.9. The molecule has 0 amide bonds. The van der Waals surface area contributed by atoms with Crippen molar-refractivity contribution in [2.75, 3.05) is 18.4 Å². The summed E-state index contributed by atoms with van der Waals surface area (Å²) in [5.74, 6) is 0.662. The van der Waals surface area contributed by atoms with Crippen molar-refractivity contribution in [1.29, 1.82) is 0 Å². The summed E-state index contributed by atoms with van der Waals surface area (Å²) in [4.78, 5) is 8.55.